The van der Waals surface area contributed by atoms with E-state index in [0.717, 1.165) is 29.4 Å². The van der Waals surface area contributed by atoms with E-state index in [9.17, 15) is 4.79 Å². The van der Waals surface area contributed by atoms with Gasteiger partial charge in [-0.1, -0.05) is 6.07 Å². The molecule has 3 N–H and O–H groups in total. The van der Waals surface area contributed by atoms with Gasteiger partial charge in [0.05, 0.1) is 22.8 Å². The van der Waals surface area contributed by atoms with Crippen molar-refractivity contribution in [3.05, 3.63) is 30.1 Å². The second-order valence-electron chi connectivity index (χ2n) is 5.40. The van der Waals surface area contributed by atoms with Crippen molar-refractivity contribution in [1.82, 2.24) is 14.9 Å². The average Bonchev–Trinajstić information content (AvgIpc) is 3.09. The van der Waals surface area contributed by atoms with Crippen molar-refractivity contribution in [3.8, 4) is 0 Å². The molecule has 1 amide bonds. The third-order valence-corrected chi connectivity index (χ3v) is 3.95. The van der Waals surface area contributed by atoms with Gasteiger partial charge in [-0.3, -0.25) is 4.79 Å². The summed E-state index contributed by atoms with van der Waals surface area (Å²) in [5, 5.41) is 0. The number of carbonyl (C=O) groups excluding carboxylic acids is 1. The largest absolute Gasteiger partial charge is 0.345 e. The summed E-state index contributed by atoms with van der Waals surface area (Å²) in [4.78, 5) is 21.3. The van der Waals surface area contributed by atoms with Crippen molar-refractivity contribution in [1.29, 1.82) is 0 Å². The van der Waals surface area contributed by atoms with Gasteiger partial charge in [0.2, 0.25) is 5.91 Å². The molecule has 1 saturated carbocycles. The summed E-state index contributed by atoms with van der Waals surface area (Å²) in [6.45, 7) is 1.06. The van der Waals surface area contributed by atoms with E-state index in [1.165, 1.54) is 0 Å². The van der Waals surface area contributed by atoms with E-state index >= 15 is 0 Å². The number of imidazole rings is 1. The number of nitrogens with two attached hydrogens (primary N) is 1. The maximum atomic E-state index is 12.3. The summed E-state index contributed by atoms with van der Waals surface area (Å²) in [6, 6.07) is 6.01. The molecule has 0 saturated heterocycles. The van der Waals surface area contributed by atoms with Crippen LogP contribution in [-0.2, 0) is 11.3 Å². The number of nitrogens with one attached hydrogen (secondary N) is 1. The standard InChI is InChI=1S/C14H18N4O/c1-18(13(19)14(8-15)4-5-14)7-10-2-3-11-12(6-10)17-9-16-11/h2-3,6,9H,4-5,7-8,15H2,1H3,(H,16,17). The van der Waals surface area contributed by atoms with Gasteiger partial charge in [0, 0.05) is 20.1 Å². The molecule has 1 aromatic carbocycles. The van der Waals surface area contributed by atoms with Gasteiger partial charge in [-0.05, 0) is 30.5 Å². The Kier molecular flexibility index (Phi) is 2.78. The lowest BCUT2D eigenvalue weighted by molar-refractivity contribution is -0.135. The topological polar surface area (TPSA) is 75.0 Å². The number of rotatable bonds is 4. The number of fused-ring (bicyclic) bond motifs is 1. The van der Waals surface area contributed by atoms with Gasteiger partial charge in [0.1, 0.15) is 0 Å². The molecular weight excluding hydrogens is 240 g/mol. The molecule has 0 bridgehead atoms. The maximum absolute atomic E-state index is 12.3. The molecule has 0 unspecified atom stereocenters. The van der Waals surface area contributed by atoms with E-state index < -0.39 is 0 Å². The van der Waals surface area contributed by atoms with E-state index in [-0.39, 0.29) is 11.3 Å². The number of amides is 1. The van der Waals surface area contributed by atoms with E-state index in [2.05, 4.69) is 9.97 Å². The molecule has 100 valence electrons. The van der Waals surface area contributed by atoms with Crippen molar-refractivity contribution in [2.75, 3.05) is 13.6 Å². The van der Waals surface area contributed by atoms with Crippen molar-refractivity contribution in [2.24, 2.45) is 11.1 Å². The van der Waals surface area contributed by atoms with Gasteiger partial charge in [-0.15, -0.1) is 0 Å². The fourth-order valence-corrected chi connectivity index (χ4v) is 2.49. The van der Waals surface area contributed by atoms with Crippen LogP contribution in [-0.4, -0.2) is 34.4 Å². The second kappa shape index (κ2) is 4.35. The number of benzene rings is 1. The Hall–Kier alpha value is -1.88. The molecular formula is C14H18N4O. The predicted molar refractivity (Wildman–Crippen MR) is 73.3 cm³/mol. The number of hydrogen-bond acceptors (Lipinski definition) is 3. The Bertz CT molecular complexity index is 615. The average molecular weight is 258 g/mol. The van der Waals surface area contributed by atoms with E-state index in [4.69, 9.17) is 5.73 Å². The first-order chi connectivity index (χ1) is 9.14. The van der Waals surface area contributed by atoms with Gasteiger partial charge >= 0.3 is 0 Å². The van der Waals surface area contributed by atoms with Gasteiger partial charge < -0.3 is 15.6 Å². The first-order valence-corrected chi connectivity index (χ1v) is 6.52. The molecule has 5 nitrogen and oxygen atoms in total. The Morgan fingerprint density at radius 2 is 2.32 bits per heavy atom. The number of aromatic nitrogens is 2. The van der Waals surface area contributed by atoms with Crippen LogP contribution in [0, 0.1) is 5.41 Å². The highest BCUT2D eigenvalue weighted by atomic mass is 16.2. The monoisotopic (exact) mass is 258 g/mol. The molecule has 2 aromatic rings. The lowest BCUT2D eigenvalue weighted by Gasteiger charge is -2.22. The van der Waals surface area contributed by atoms with Gasteiger partial charge in [0.15, 0.2) is 0 Å². The predicted octanol–water partition coefficient (Wildman–Crippen LogP) is 1.26. The summed E-state index contributed by atoms with van der Waals surface area (Å²) in [7, 11) is 1.84. The van der Waals surface area contributed by atoms with E-state index in [0.29, 0.717) is 13.1 Å². The summed E-state index contributed by atoms with van der Waals surface area (Å²) in [5.74, 6) is 0.166. The summed E-state index contributed by atoms with van der Waals surface area (Å²) >= 11 is 0. The van der Waals surface area contributed by atoms with Crippen molar-refractivity contribution >= 4 is 16.9 Å². The summed E-state index contributed by atoms with van der Waals surface area (Å²) < 4.78 is 0. The van der Waals surface area contributed by atoms with Crippen LogP contribution in [0.4, 0.5) is 0 Å². The van der Waals surface area contributed by atoms with Crippen LogP contribution >= 0.6 is 0 Å². The molecule has 5 heteroatoms. The Balaban J connectivity index is 1.75. The fourth-order valence-electron chi connectivity index (χ4n) is 2.49. The van der Waals surface area contributed by atoms with Crippen LogP contribution in [0.2, 0.25) is 0 Å². The third-order valence-electron chi connectivity index (χ3n) is 3.95. The maximum Gasteiger partial charge on any atom is 0.230 e. The first-order valence-electron chi connectivity index (χ1n) is 6.52. The molecule has 1 heterocycles. The molecule has 19 heavy (non-hydrogen) atoms. The fraction of sp³-hybridized carbons (Fsp3) is 0.429. The zero-order chi connectivity index (χ0) is 13.5. The molecule has 0 atom stereocenters. The minimum absolute atomic E-state index is 0.166. The van der Waals surface area contributed by atoms with Crippen LogP contribution < -0.4 is 5.73 Å². The lowest BCUT2D eigenvalue weighted by atomic mass is 10.1. The zero-order valence-corrected chi connectivity index (χ0v) is 11.0. The van der Waals surface area contributed by atoms with Crippen LogP contribution in [0.15, 0.2) is 24.5 Å². The molecule has 3 rings (SSSR count). The van der Waals surface area contributed by atoms with Gasteiger partial charge in [-0.25, -0.2) is 4.98 Å². The van der Waals surface area contributed by atoms with Crippen molar-refractivity contribution in [2.45, 2.75) is 19.4 Å². The highest BCUT2D eigenvalue weighted by molar-refractivity contribution is 5.85. The van der Waals surface area contributed by atoms with Crippen LogP contribution in [0.25, 0.3) is 11.0 Å². The second-order valence-corrected chi connectivity index (χ2v) is 5.40. The third kappa shape index (κ3) is 2.10. The lowest BCUT2D eigenvalue weighted by Crippen LogP contribution is -2.37. The molecule has 0 spiro atoms. The Morgan fingerprint density at radius 1 is 1.53 bits per heavy atom. The molecule has 1 aliphatic rings. The van der Waals surface area contributed by atoms with Gasteiger partial charge in [0.25, 0.3) is 0 Å². The molecule has 0 radical (unpaired) electrons. The highest BCUT2D eigenvalue weighted by Crippen LogP contribution is 2.46. The molecule has 1 aromatic heterocycles. The van der Waals surface area contributed by atoms with Crippen LogP contribution in [0.1, 0.15) is 18.4 Å². The quantitative estimate of drug-likeness (QED) is 0.867. The Labute approximate surface area is 111 Å². The molecule has 1 aliphatic carbocycles. The smallest absolute Gasteiger partial charge is 0.230 e. The minimum atomic E-state index is -0.271. The molecule has 1 fully saturated rings. The number of carbonyl (C=O) groups is 1. The number of aromatic amines is 1. The first kappa shape index (κ1) is 12.2. The zero-order valence-electron chi connectivity index (χ0n) is 11.0. The van der Waals surface area contributed by atoms with Crippen molar-refractivity contribution in [3.63, 3.8) is 0 Å². The van der Waals surface area contributed by atoms with E-state index in [1.54, 1.807) is 11.2 Å². The van der Waals surface area contributed by atoms with E-state index in [1.807, 2.05) is 25.2 Å². The van der Waals surface area contributed by atoms with Crippen LogP contribution in [0.3, 0.4) is 0 Å². The Morgan fingerprint density at radius 3 is 3.00 bits per heavy atom. The number of hydrogen-bond donors (Lipinski definition) is 2. The minimum Gasteiger partial charge on any atom is -0.345 e. The SMILES string of the molecule is CN(Cc1ccc2nc[nH]c2c1)C(=O)C1(CN)CC1. The van der Waals surface area contributed by atoms with Gasteiger partial charge in [-0.2, -0.15) is 0 Å². The highest BCUT2D eigenvalue weighted by Gasteiger charge is 2.49. The summed E-state index contributed by atoms with van der Waals surface area (Å²) in [5.41, 5.74) is 8.47. The van der Waals surface area contributed by atoms with Crippen LogP contribution in [0.5, 0.6) is 0 Å². The van der Waals surface area contributed by atoms with Crippen molar-refractivity contribution < 1.29 is 4.79 Å². The summed E-state index contributed by atoms with van der Waals surface area (Å²) in [6.07, 6.45) is 3.52. The number of H-pyrrole nitrogens is 1. The molecule has 0 aliphatic heterocycles. The normalized spacial score (nSPS) is 16.5. The number of nitrogens with zero attached hydrogens (tertiary/aromatic N) is 2.